The van der Waals surface area contributed by atoms with Gasteiger partial charge in [-0.1, -0.05) is 28.9 Å². The summed E-state index contributed by atoms with van der Waals surface area (Å²) in [7, 11) is 0. The van der Waals surface area contributed by atoms with Gasteiger partial charge in [0.05, 0.1) is 24.5 Å². The Hall–Kier alpha value is -2.29. The van der Waals surface area contributed by atoms with E-state index >= 15 is 0 Å². The third-order valence-corrected chi connectivity index (χ3v) is 6.68. The van der Waals surface area contributed by atoms with Gasteiger partial charge in [-0.15, -0.1) is 0 Å². The molecule has 0 saturated carbocycles. The molecule has 1 saturated heterocycles. The van der Waals surface area contributed by atoms with Gasteiger partial charge in [-0.3, -0.25) is 9.69 Å². The third kappa shape index (κ3) is 6.60. The SMILES string of the molecule is O=C(NCCCSCc1ccco1)C1CCCN(Cc2nc(-c3cccc(Cl)c3)no2)C1. The minimum Gasteiger partial charge on any atom is -0.468 e. The number of thioether (sulfide) groups is 1. The van der Waals surface area contributed by atoms with E-state index in [2.05, 4.69) is 20.4 Å². The van der Waals surface area contributed by atoms with E-state index < -0.39 is 0 Å². The van der Waals surface area contributed by atoms with Crippen LogP contribution in [-0.2, 0) is 17.1 Å². The van der Waals surface area contributed by atoms with Crippen molar-refractivity contribution in [3.63, 3.8) is 0 Å². The Balaban J connectivity index is 1.18. The Kier molecular flexibility index (Phi) is 8.25. The number of carbonyl (C=O) groups is 1. The van der Waals surface area contributed by atoms with Crippen molar-refractivity contribution in [2.75, 3.05) is 25.4 Å². The van der Waals surface area contributed by atoms with Gasteiger partial charge in [0.2, 0.25) is 17.6 Å². The Morgan fingerprint density at radius 3 is 3.09 bits per heavy atom. The van der Waals surface area contributed by atoms with Crippen molar-refractivity contribution >= 4 is 29.3 Å². The molecule has 1 aliphatic heterocycles. The molecule has 2 aromatic heterocycles. The lowest BCUT2D eigenvalue weighted by atomic mass is 9.97. The molecular formula is C23H27ClN4O3S. The highest BCUT2D eigenvalue weighted by atomic mass is 35.5. The number of likely N-dealkylation sites (tertiary alicyclic amines) is 1. The first-order valence-corrected chi connectivity index (χ1v) is 12.4. The number of hydrogen-bond acceptors (Lipinski definition) is 7. The molecule has 32 heavy (non-hydrogen) atoms. The zero-order valence-electron chi connectivity index (χ0n) is 17.8. The van der Waals surface area contributed by atoms with Crippen LogP contribution in [0.3, 0.4) is 0 Å². The summed E-state index contributed by atoms with van der Waals surface area (Å²) < 4.78 is 10.8. The lowest BCUT2D eigenvalue weighted by Crippen LogP contribution is -2.43. The van der Waals surface area contributed by atoms with Crippen LogP contribution in [0.1, 0.15) is 30.9 Å². The van der Waals surface area contributed by atoms with E-state index in [9.17, 15) is 4.79 Å². The minimum atomic E-state index is -0.00477. The van der Waals surface area contributed by atoms with Crippen LogP contribution < -0.4 is 5.32 Å². The molecule has 1 unspecified atom stereocenters. The van der Waals surface area contributed by atoms with Gasteiger partial charge >= 0.3 is 0 Å². The van der Waals surface area contributed by atoms with Crippen molar-refractivity contribution in [3.05, 3.63) is 59.3 Å². The summed E-state index contributed by atoms with van der Waals surface area (Å²) in [6.07, 6.45) is 4.53. The average molecular weight is 475 g/mol. The number of nitrogens with one attached hydrogen (secondary N) is 1. The molecule has 1 N–H and O–H groups in total. The van der Waals surface area contributed by atoms with Gasteiger partial charge in [-0.25, -0.2) is 0 Å². The highest BCUT2D eigenvalue weighted by Crippen LogP contribution is 2.22. The molecule has 0 aliphatic carbocycles. The second kappa shape index (κ2) is 11.5. The average Bonchev–Trinajstić information content (AvgIpc) is 3.48. The van der Waals surface area contributed by atoms with Crippen LogP contribution >= 0.6 is 23.4 Å². The Morgan fingerprint density at radius 1 is 1.31 bits per heavy atom. The maximum Gasteiger partial charge on any atom is 0.241 e. The molecule has 1 amide bonds. The third-order valence-electron chi connectivity index (χ3n) is 5.38. The number of rotatable bonds is 10. The van der Waals surface area contributed by atoms with Gasteiger partial charge in [0.15, 0.2) is 0 Å². The fraction of sp³-hybridized carbons (Fsp3) is 0.435. The van der Waals surface area contributed by atoms with Crippen LogP contribution in [-0.4, -0.2) is 46.3 Å². The zero-order valence-corrected chi connectivity index (χ0v) is 19.4. The number of piperidine rings is 1. The molecule has 4 rings (SSSR count). The zero-order chi connectivity index (χ0) is 22.2. The molecule has 0 spiro atoms. The molecule has 1 aromatic carbocycles. The lowest BCUT2D eigenvalue weighted by molar-refractivity contribution is -0.126. The quantitative estimate of drug-likeness (QED) is 0.428. The van der Waals surface area contributed by atoms with Crippen molar-refractivity contribution < 1.29 is 13.7 Å². The first-order chi connectivity index (χ1) is 15.7. The van der Waals surface area contributed by atoms with E-state index in [4.69, 9.17) is 20.5 Å². The molecule has 1 aliphatic rings. The number of hydrogen-bond donors (Lipinski definition) is 1. The standard InChI is InChI=1S/C23H27ClN4O3S/c24-19-7-1-5-17(13-19)22-26-21(31-27-22)15-28-10-2-6-18(14-28)23(29)25-9-4-12-32-16-20-8-3-11-30-20/h1,3,5,7-8,11,13,18H,2,4,6,9-10,12,14-16H2,(H,25,29). The van der Waals surface area contributed by atoms with Gasteiger partial charge in [-0.2, -0.15) is 16.7 Å². The van der Waals surface area contributed by atoms with Gasteiger partial charge in [0.25, 0.3) is 0 Å². The maximum absolute atomic E-state index is 12.6. The normalized spacial score (nSPS) is 16.8. The van der Waals surface area contributed by atoms with Crippen LogP contribution in [0.5, 0.6) is 0 Å². The van der Waals surface area contributed by atoms with Crippen molar-refractivity contribution in [3.8, 4) is 11.4 Å². The number of carbonyl (C=O) groups excluding carboxylic acids is 1. The van der Waals surface area contributed by atoms with Crippen LogP contribution in [0.4, 0.5) is 0 Å². The number of amides is 1. The van der Waals surface area contributed by atoms with E-state index in [1.807, 2.05) is 48.2 Å². The van der Waals surface area contributed by atoms with Gasteiger partial charge in [0.1, 0.15) is 5.76 Å². The van der Waals surface area contributed by atoms with Crippen LogP contribution in [0.15, 0.2) is 51.6 Å². The summed E-state index contributed by atoms with van der Waals surface area (Å²) in [4.78, 5) is 19.3. The molecule has 1 atom stereocenters. The number of nitrogens with zero attached hydrogens (tertiary/aromatic N) is 3. The summed E-state index contributed by atoms with van der Waals surface area (Å²) in [5.41, 5.74) is 0.825. The first-order valence-electron chi connectivity index (χ1n) is 10.9. The largest absolute Gasteiger partial charge is 0.468 e. The van der Waals surface area contributed by atoms with Crippen LogP contribution in [0, 0.1) is 5.92 Å². The number of furan rings is 1. The van der Waals surface area contributed by atoms with Crippen LogP contribution in [0.25, 0.3) is 11.4 Å². The lowest BCUT2D eigenvalue weighted by Gasteiger charge is -2.30. The van der Waals surface area contributed by atoms with Crippen LogP contribution in [0.2, 0.25) is 5.02 Å². The van der Waals surface area contributed by atoms with E-state index in [0.717, 1.165) is 48.6 Å². The molecule has 0 bridgehead atoms. The van der Waals surface area contributed by atoms with Crippen molar-refractivity contribution in [1.82, 2.24) is 20.4 Å². The van der Waals surface area contributed by atoms with Crippen molar-refractivity contribution in [2.45, 2.75) is 31.6 Å². The second-order valence-corrected chi connectivity index (χ2v) is 9.41. The number of aromatic nitrogens is 2. The monoisotopic (exact) mass is 474 g/mol. The molecule has 7 nitrogen and oxygen atoms in total. The molecule has 1 fully saturated rings. The summed E-state index contributed by atoms with van der Waals surface area (Å²) in [6.45, 7) is 2.87. The summed E-state index contributed by atoms with van der Waals surface area (Å²) >= 11 is 7.86. The number of halogens is 1. The maximum atomic E-state index is 12.6. The summed E-state index contributed by atoms with van der Waals surface area (Å²) in [5.74, 6) is 4.05. The molecular weight excluding hydrogens is 448 g/mol. The summed E-state index contributed by atoms with van der Waals surface area (Å²) in [6, 6.07) is 11.3. The molecule has 3 aromatic rings. The van der Waals surface area contributed by atoms with E-state index in [-0.39, 0.29) is 11.8 Å². The molecule has 3 heterocycles. The van der Waals surface area contributed by atoms with Gasteiger partial charge in [0, 0.05) is 23.7 Å². The van der Waals surface area contributed by atoms with E-state index in [1.54, 1.807) is 6.26 Å². The van der Waals surface area contributed by atoms with E-state index in [0.29, 0.717) is 36.4 Å². The van der Waals surface area contributed by atoms with Crippen molar-refractivity contribution in [2.24, 2.45) is 5.92 Å². The second-order valence-electron chi connectivity index (χ2n) is 7.87. The Morgan fingerprint density at radius 2 is 2.25 bits per heavy atom. The van der Waals surface area contributed by atoms with Gasteiger partial charge < -0.3 is 14.3 Å². The fourth-order valence-electron chi connectivity index (χ4n) is 3.77. The molecule has 170 valence electrons. The van der Waals surface area contributed by atoms with E-state index in [1.165, 1.54) is 0 Å². The highest BCUT2D eigenvalue weighted by molar-refractivity contribution is 7.98. The van der Waals surface area contributed by atoms with Crippen molar-refractivity contribution in [1.29, 1.82) is 0 Å². The smallest absolute Gasteiger partial charge is 0.241 e. The fourth-order valence-corrected chi connectivity index (χ4v) is 4.81. The minimum absolute atomic E-state index is 0.00477. The number of benzene rings is 1. The topological polar surface area (TPSA) is 84.4 Å². The first kappa shape index (κ1) is 22.9. The van der Waals surface area contributed by atoms with Gasteiger partial charge in [-0.05, 0) is 55.8 Å². The predicted molar refractivity (Wildman–Crippen MR) is 125 cm³/mol. The molecule has 0 radical (unpaired) electrons. The highest BCUT2D eigenvalue weighted by Gasteiger charge is 2.26. The Bertz CT molecular complexity index is 995. The molecule has 9 heteroatoms. The summed E-state index contributed by atoms with van der Waals surface area (Å²) in [5, 5.41) is 7.80. The Labute approximate surface area is 196 Å². The predicted octanol–water partition coefficient (Wildman–Crippen LogP) is 4.63.